The van der Waals surface area contributed by atoms with Crippen LogP contribution in [0.3, 0.4) is 0 Å². The van der Waals surface area contributed by atoms with E-state index >= 15 is 0 Å². The predicted molar refractivity (Wildman–Crippen MR) is 80.9 cm³/mol. The molecule has 104 valence electrons. The molecule has 0 amide bonds. The number of imidazole rings is 1. The van der Waals surface area contributed by atoms with Crippen LogP contribution in [-0.4, -0.2) is 21.0 Å². The number of thiophene rings is 1. The Hall–Kier alpha value is -1.69. The Morgan fingerprint density at radius 2 is 2.35 bits per heavy atom. The second kappa shape index (κ2) is 5.75. The van der Waals surface area contributed by atoms with Crippen molar-refractivity contribution in [3.05, 3.63) is 58.2 Å². The number of aliphatic hydroxyl groups is 1. The van der Waals surface area contributed by atoms with Crippen LogP contribution in [0.1, 0.15) is 22.9 Å². The molecule has 0 spiro atoms. The summed E-state index contributed by atoms with van der Waals surface area (Å²) in [5.74, 6) is 0. The first kappa shape index (κ1) is 13.3. The molecule has 0 saturated carbocycles. The van der Waals surface area contributed by atoms with Crippen LogP contribution in [0.4, 0.5) is 0 Å². The number of hydrogen-bond acceptors (Lipinski definition) is 4. The third-order valence-electron chi connectivity index (χ3n) is 3.38. The van der Waals surface area contributed by atoms with Crippen molar-refractivity contribution >= 4 is 17.0 Å². The van der Waals surface area contributed by atoms with Gasteiger partial charge in [-0.15, -0.1) is 0 Å². The van der Waals surface area contributed by atoms with Gasteiger partial charge in [0.05, 0.1) is 18.0 Å². The van der Waals surface area contributed by atoms with Crippen LogP contribution in [0.2, 0.25) is 0 Å². The third kappa shape index (κ3) is 2.60. The molecule has 0 aliphatic heterocycles. The molecule has 0 aromatic carbocycles. The van der Waals surface area contributed by atoms with Gasteiger partial charge < -0.3 is 14.8 Å². The molecular weight excluding hydrogens is 270 g/mol. The molecule has 0 saturated heterocycles. The monoisotopic (exact) mass is 287 g/mol. The van der Waals surface area contributed by atoms with E-state index in [1.807, 2.05) is 35.3 Å². The molecular formula is C15H17N3OS. The van der Waals surface area contributed by atoms with Crippen LogP contribution < -0.4 is 5.32 Å². The predicted octanol–water partition coefficient (Wildman–Crippen LogP) is 2.53. The quantitative estimate of drug-likeness (QED) is 0.758. The summed E-state index contributed by atoms with van der Waals surface area (Å²) < 4.78 is 2.08. The van der Waals surface area contributed by atoms with Gasteiger partial charge in [0.1, 0.15) is 5.65 Å². The van der Waals surface area contributed by atoms with E-state index < -0.39 is 6.10 Å². The SMILES string of the molecule is Cc1cccn2c(CNCC(O)c3ccsc3)cnc12. The van der Waals surface area contributed by atoms with Gasteiger partial charge in [-0.05, 0) is 40.9 Å². The number of nitrogens with zero attached hydrogens (tertiary/aromatic N) is 2. The number of pyridine rings is 1. The van der Waals surface area contributed by atoms with Gasteiger partial charge in [-0.2, -0.15) is 11.3 Å². The zero-order valence-electron chi connectivity index (χ0n) is 11.3. The summed E-state index contributed by atoms with van der Waals surface area (Å²) in [4.78, 5) is 4.43. The van der Waals surface area contributed by atoms with Gasteiger partial charge in [0.15, 0.2) is 0 Å². The minimum atomic E-state index is -0.456. The molecule has 0 aliphatic rings. The van der Waals surface area contributed by atoms with Crippen molar-refractivity contribution in [2.24, 2.45) is 0 Å². The van der Waals surface area contributed by atoms with Crippen molar-refractivity contribution < 1.29 is 5.11 Å². The molecule has 4 nitrogen and oxygen atoms in total. The van der Waals surface area contributed by atoms with Gasteiger partial charge in [-0.25, -0.2) is 4.98 Å². The Balaban J connectivity index is 1.64. The van der Waals surface area contributed by atoms with E-state index in [9.17, 15) is 5.11 Å². The highest BCUT2D eigenvalue weighted by Crippen LogP contribution is 2.15. The van der Waals surface area contributed by atoms with Crippen LogP contribution in [0.15, 0.2) is 41.4 Å². The molecule has 20 heavy (non-hydrogen) atoms. The Morgan fingerprint density at radius 3 is 3.15 bits per heavy atom. The fraction of sp³-hybridized carbons (Fsp3) is 0.267. The molecule has 2 N–H and O–H groups in total. The van der Waals surface area contributed by atoms with E-state index in [1.54, 1.807) is 11.3 Å². The number of fused-ring (bicyclic) bond motifs is 1. The topological polar surface area (TPSA) is 49.6 Å². The van der Waals surface area contributed by atoms with Gasteiger partial charge in [-0.3, -0.25) is 0 Å². The van der Waals surface area contributed by atoms with Gasteiger partial charge >= 0.3 is 0 Å². The molecule has 1 unspecified atom stereocenters. The van der Waals surface area contributed by atoms with E-state index in [2.05, 4.69) is 27.7 Å². The second-order valence-electron chi connectivity index (χ2n) is 4.84. The van der Waals surface area contributed by atoms with Crippen molar-refractivity contribution in [2.75, 3.05) is 6.54 Å². The van der Waals surface area contributed by atoms with Gasteiger partial charge in [0, 0.05) is 19.3 Å². The Kier molecular flexibility index (Phi) is 3.82. The van der Waals surface area contributed by atoms with Crippen molar-refractivity contribution in [3.63, 3.8) is 0 Å². The fourth-order valence-corrected chi connectivity index (χ4v) is 2.96. The van der Waals surface area contributed by atoms with E-state index in [0.717, 1.165) is 22.5 Å². The largest absolute Gasteiger partial charge is 0.387 e. The highest BCUT2D eigenvalue weighted by Gasteiger charge is 2.08. The molecule has 3 aromatic heterocycles. The lowest BCUT2D eigenvalue weighted by Crippen LogP contribution is -2.21. The highest BCUT2D eigenvalue weighted by molar-refractivity contribution is 7.07. The Morgan fingerprint density at radius 1 is 1.45 bits per heavy atom. The van der Waals surface area contributed by atoms with Crippen LogP contribution in [0, 0.1) is 6.92 Å². The standard InChI is InChI=1S/C15H17N3OS/c1-11-3-2-5-18-13(8-17-15(11)18)7-16-9-14(19)12-4-6-20-10-12/h2-6,8,10,14,16,19H,7,9H2,1H3. The minimum absolute atomic E-state index is 0.456. The summed E-state index contributed by atoms with van der Waals surface area (Å²) in [6.07, 6.45) is 3.44. The van der Waals surface area contributed by atoms with Crippen LogP contribution in [0.25, 0.3) is 5.65 Å². The number of aryl methyl sites for hydroxylation is 1. The summed E-state index contributed by atoms with van der Waals surface area (Å²) in [6.45, 7) is 3.28. The molecule has 0 fully saturated rings. The normalized spacial score (nSPS) is 12.9. The van der Waals surface area contributed by atoms with Crippen molar-refractivity contribution in [2.45, 2.75) is 19.6 Å². The summed E-state index contributed by atoms with van der Waals surface area (Å²) >= 11 is 1.60. The second-order valence-corrected chi connectivity index (χ2v) is 5.62. The molecule has 0 radical (unpaired) electrons. The smallest absolute Gasteiger partial charge is 0.139 e. The number of nitrogens with one attached hydrogen (secondary N) is 1. The van der Waals surface area contributed by atoms with Gasteiger partial charge in [0.2, 0.25) is 0 Å². The zero-order chi connectivity index (χ0) is 13.9. The number of aliphatic hydroxyl groups excluding tert-OH is 1. The number of aromatic nitrogens is 2. The summed E-state index contributed by atoms with van der Waals surface area (Å²) in [7, 11) is 0. The van der Waals surface area contributed by atoms with Gasteiger partial charge in [0.25, 0.3) is 0 Å². The number of hydrogen-bond donors (Lipinski definition) is 2. The van der Waals surface area contributed by atoms with E-state index in [0.29, 0.717) is 13.1 Å². The highest BCUT2D eigenvalue weighted by atomic mass is 32.1. The fourth-order valence-electron chi connectivity index (χ4n) is 2.25. The molecule has 3 rings (SSSR count). The minimum Gasteiger partial charge on any atom is -0.387 e. The summed E-state index contributed by atoms with van der Waals surface area (Å²) in [6, 6.07) is 6.03. The maximum atomic E-state index is 10.0. The van der Waals surface area contributed by atoms with E-state index in [4.69, 9.17) is 0 Å². The lowest BCUT2D eigenvalue weighted by Gasteiger charge is -2.10. The molecule has 3 heterocycles. The lowest BCUT2D eigenvalue weighted by atomic mass is 10.2. The molecule has 0 aliphatic carbocycles. The van der Waals surface area contributed by atoms with Crippen molar-refractivity contribution in [3.8, 4) is 0 Å². The average molecular weight is 287 g/mol. The maximum Gasteiger partial charge on any atom is 0.139 e. The molecule has 3 aromatic rings. The van der Waals surface area contributed by atoms with E-state index in [1.165, 1.54) is 0 Å². The maximum absolute atomic E-state index is 10.0. The van der Waals surface area contributed by atoms with Crippen LogP contribution in [-0.2, 0) is 6.54 Å². The van der Waals surface area contributed by atoms with Crippen molar-refractivity contribution in [1.82, 2.24) is 14.7 Å². The van der Waals surface area contributed by atoms with Crippen LogP contribution in [0.5, 0.6) is 0 Å². The van der Waals surface area contributed by atoms with Gasteiger partial charge in [-0.1, -0.05) is 6.07 Å². The number of rotatable bonds is 5. The zero-order valence-corrected chi connectivity index (χ0v) is 12.1. The Bertz CT molecular complexity index is 690. The first-order valence-electron chi connectivity index (χ1n) is 6.58. The molecule has 1 atom stereocenters. The average Bonchev–Trinajstić information content (AvgIpc) is 3.09. The molecule has 0 bridgehead atoms. The summed E-state index contributed by atoms with van der Waals surface area (Å²) in [5.41, 5.74) is 4.22. The van der Waals surface area contributed by atoms with Crippen LogP contribution >= 0.6 is 11.3 Å². The Labute approximate surface area is 121 Å². The third-order valence-corrected chi connectivity index (χ3v) is 4.08. The van der Waals surface area contributed by atoms with E-state index in [-0.39, 0.29) is 0 Å². The first-order chi connectivity index (χ1) is 9.75. The molecule has 5 heteroatoms. The lowest BCUT2D eigenvalue weighted by molar-refractivity contribution is 0.174. The summed E-state index contributed by atoms with van der Waals surface area (Å²) in [5, 5.41) is 17.3. The van der Waals surface area contributed by atoms with Crippen molar-refractivity contribution in [1.29, 1.82) is 0 Å². The first-order valence-corrected chi connectivity index (χ1v) is 7.52.